The number of hydrogen-bond donors (Lipinski definition) is 2. The van der Waals surface area contributed by atoms with E-state index in [-0.39, 0.29) is 17.6 Å². The lowest BCUT2D eigenvalue weighted by atomic mass is 9.43. The molecular formula is C27H48O2. The molecule has 10 atom stereocenters. The molecule has 4 saturated carbocycles. The molecule has 0 aromatic rings. The van der Waals surface area contributed by atoms with Crippen molar-refractivity contribution in [1.82, 2.24) is 0 Å². The van der Waals surface area contributed by atoms with Crippen molar-refractivity contribution in [1.29, 1.82) is 0 Å². The maximum atomic E-state index is 11.6. The van der Waals surface area contributed by atoms with Gasteiger partial charge in [0.1, 0.15) is 0 Å². The SMILES string of the molecule is CC(C)CCC[C@@H](C)[C@H]1C[C@H](O)[C@H]2[C@@H]3CC[C@H]4CCCC[C@]4(C)[C@H]3C[C@H](O)[C@@]21C. The summed E-state index contributed by atoms with van der Waals surface area (Å²) in [6, 6.07) is 0. The first-order valence-corrected chi connectivity index (χ1v) is 13.1. The van der Waals surface area contributed by atoms with Crippen LogP contribution in [-0.4, -0.2) is 22.4 Å². The molecule has 168 valence electrons. The van der Waals surface area contributed by atoms with Gasteiger partial charge in [-0.3, -0.25) is 0 Å². The molecule has 29 heavy (non-hydrogen) atoms. The molecule has 4 rings (SSSR count). The van der Waals surface area contributed by atoms with Crippen molar-refractivity contribution in [2.75, 3.05) is 0 Å². The predicted octanol–water partition coefficient (Wildman–Crippen LogP) is 6.44. The van der Waals surface area contributed by atoms with Gasteiger partial charge in [0.25, 0.3) is 0 Å². The highest BCUT2D eigenvalue weighted by molar-refractivity contribution is 5.14. The lowest BCUT2D eigenvalue weighted by molar-refractivity contribution is -0.180. The number of aliphatic hydroxyl groups is 2. The third-order valence-electron chi connectivity index (χ3n) is 10.9. The largest absolute Gasteiger partial charge is 0.393 e. The number of hydrogen-bond acceptors (Lipinski definition) is 2. The van der Waals surface area contributed by atoms with E-state index in [0.29, 0.717) is 35.0 Å². The van der Waals surface area contributed by atoms with E-state index in [0.717, 1.165) is 24.7 Å². The lowest BCUT2D eigenvalue weighted by Crippen LogP contribution is -2.59. The average molecular weight is 405 g/mol. The van der Waals surface area contributed by atoms with Crippen LogP contribution in [0.3, 0.4) is 0 Å². The van der Waals surface area contributed by atoms with Gasteiger partial charge in [-0.2, -0.15) is 0 Å². The Hall–Kier alpha value is -0.0800. The lowest BCUT2D eigenvalue weighted by Gasteiger charge is -2.62. The van der Waals surface area contributed by atoms with E-state index in [1.807, 2.05) is 0 Å². The van der Waals surface area contributed by atoms with Crippen molar-refractivity contribution < 1.29 is 10.2 Å². The van der Waals surface area contributed by atoms with Crippen molar-refractivity contribution in [3.63, 3.8) is 0 Å². The second-order valence-corrected chi connectivity index (χ2v) is 12.7. The molecule has 0 aromatic heterocycles. The molecular weight excluding hydrogens is 356 g/mol. The van der Waals surface area contributed by atoms with Crippen LogP contribution in [0.4, 0.5) is 0 Å². The van der Waals surface area contributed by atoms with Crippen LogP contribution in [0.5, 0.6) is 0 Å². The first kappa shape index (κ1) is 22.1. The molecule has 0 aromatic carbocycles. The molecule has 0 saturated heterocycles. The molecule has 2 N–H and O–H groups in total. The molecule has 0 spiro atoms. The van der Waals surface area contributed by atoms with Gasteiger partial charge >= 0.3 is 0 Å². The molecule has 4 aliphatic carbocycles. The minimum Gasteiger partial charge on any atom is -0.393 e. The standard InChI is InChI=1S/C27H48O2/c1-17(2)9-8-10-18(3)21-15-23(28)25-20-13-12-19-11-6-7-14-26(19,4)22(20)16-24(29)27(21,25)5/h17-25,28-29H,6-16H2,1-5H3/t18-,19-,20-,21-,22+,23+,24+,25-,26+,27+/m1/s1. The highest BCUT2D eigenvalue weighted by Crippen LogP contribution is 2.68. The number of rotatable bonds is 5. The maximum Gasteiger partial charge on any atom is 0.0603 e. The topological polar surface area (TPSA) is 40.5 Å². The minimum absolute atomic E-state index is 0.0876. The summed E-state index contributed by atoms with van der Waals surface area (Å²) in [4.78, 5) is 0. The number of fused-ring (bicyclic) bond motifs is 5. The molecule has 0 aliphatic heterocycles. The Morgan fingerprint density at radius 1 is 0.931 bits per heavy atom. The van der Waals surface area contributed by atoms with Gasteiger partial charge in [0.15, 0.2) is 0 Å². The van der Waals surface area contributed by atoms with E-state index >= 15 is 0 Å². The summed E-state index contributed by atoms with van der Waals surface area (Å²) in [6.07, 6.45) is 13.5. The number of aliphatic hydroxyl groups excluding tert-OH is 2. The minimum atomic E-state index is -0.235. The van der Waals surface area contributed by atoms with Gasteiger partial charge in [0.2, 0.25) is 0 Å². The van der Waals surface area contributed by atoms with Gasteiger partial charge in [-0.1, -0.05) is 66.7 Å². The van der Waals surface area contributed by atoms with Crippen LogP contribution in [0.25, 0.3) is 0 Å². The molecule has 4 aliphatic rings. The Labute approximate surface area is 180 Å². The molecule has 2 nitrogen and oxygen atoms in total. The van der Waals surface area contributed by atoms with E-state index in [2.05, 4.69) is 34.6 Å². The van der Waals surface area contributed by atoms with Crippen LogP contribution in [0.1, 0.15) is 105 Å². The monoisotopic (exact) mass is 404 g/mol. The maximum absolute atomic E-state index is 11.6. The molecule has 0 bridgehead atoms. The van der Waals surface area contributed by atoms with Crippen LogP contribution >= 0.6 is 0 Å². The second kappa shape index (κ2) is 8.12. The summed E-state index contributed by atoms with van der Waals surface area (Å²) in [5.74, 6) is 4.28. The molecule has 0 heterocycles. The molecule has 0 radical (unpaired) electrons. The zero-order valence-corrected chi connectivity index (χ0v) is 19.9. The van der Waals surface area contributed by atoms with Gasteiger partial charge in [-0.25, -0.2) is 0 Å². The van der Waals surface area contributed by atoms with Crippen molar-refractivity contribution in [2.24, 2.45) is 52.3 Å². The first-order chi connectivity index (χ1) is 13.7. The average Bonchev–Trinajstić information content (AvgIpc) is 2.94. The van der Waals surface area contributed by atoms with Crippen LogP contribution in [-0.2, 0) is 0 Å². The van der Waals surface area contributed by atoms with Crippen molar-refractivity contribution in [3.05, 3.63) is 0 Å². The van der Waals surface area contributed by atoms with Crippen LogP contribution < -0.4 is 0 Å². The van der Waals surface area contributed by atoms with Gasteiger partial charge in [-0.15, -0.1) is 0 Å². The highest BCUT2D eigenvalue weighted by Gasteiger charge is 2.65. The fraction of sp³-hybridized carbons (Fsp3) is 1.00. The summed E-state index contributed by atoms with van der Waals surface area (Å²) < 4.78 is 0. The summed E-state index contributed by atoms with van der Waals surface area (Å²) in [7, 11) is 0. The summed E-state index contributed by atoms with van der Waals surface area (Å²) >= 11 is 0. The Morgan fingerprint density at radius 3 is 2.41 bits per heavy atom. The molecule has 0 unspecified atom stereocenters. The third-order valence-corrected chi connectivity index (χ3v) is 10.9. The fourth-order valence-corrected chi connectivity index (χ4v) is 9.28. The zero-order valence-electron chi connectivity index (χ0n) is 19.9. The van der Waals surface area contributed by atoms with Crippen molar-refractivity contribution in [3.8, 4) is 0 Å². The molecule has 0 amide bonds. The van der Waals surface area contributed by atoms with Gasteiger partial charge < -0.3 is 10.2 Å². The van der Waals surface area contributed by atoms with E-state index in [4.69, 9.17) is 0 Å². The Morgan fingerprint density at radius 2 is 1.69 bits per heavy atom. The quantitative estimate of drug-likeness (QED) is 0.553. The van der Waals surface area contributed by atoms with E-state index in [1.54, 1.807) is 0 Å². The second-order valence-electron chi connectivity index (χ2n) is 12.7. The van der Waals surface area contributed by atoms with Gasteiger partial charge in [0, 0.05) is 5.41 Å². The molecule has 2 heteroatoms. The smallest absolute Gasteiger partial charge is 0.0603 e. The zero-order chi connectivity index (χ0) is 21.0. The van der Waals surface area contributed by atoms with Crippen molar-refractivity contribution >= 4 is 0 Å². The fourth-order valence-electron chi connectivity index (χ4n) is 9.28. The van der Waals surface area contributed by atoms with Crippen LogP contribution in [0.15, 0.2) is 0 Å². The summed E-state index contributed by atoms with van der Waals surface area (Å²) in [6.45, 7) is 12.0. The summed E-state index contributed by atoms with van der Waals surface area (Å²) in [5.41, 5.74) is 0.319. The van der Waals surface area contributed by atoms with Gasteiger partial charge in [-0.05, 0) is 85.4 Å². The normalized spacial score (nSPS) is 50.7. The van der Waals surface area contributed by atoms with Gasteiger partial charge in [0.05, 0.1) is 12.2 Å². The Balaban J connectivity index is 1.56. The highest BCUT2D eigenvalue weighted by atomic mass is 16.3. The van der Waals surface area contributed by atoms with E-state index in [1.165, 1.54) is 57.8 Å². The Kier molecular flexibility index (Phi) is 6.19. The first-order valence-electron chi connectivity index (χ1n) is 13.1. The van der Waals surface area contributed by atoms with Crippen molar-refractivity contribution in [2.45, 2.75) is 117 Å². The van der Waals surface area contributed by atoms with E-state index in [9.17, 15) is 10.2 Å². The van der Waals surface area contributed by atoms with Crippen LogP contribution in [0, 0.1) is 52.3 Å². The Bertz CT molecular complexity index is 573. The van der Waals surface area contributed by atoms with E-state index < -0.39 is 0 Å². The van der Waals surface area contributed by atoms with Crippen LogP contribution in [0.2, 0.25) is 0 Å². The predicted molar refractivity (Wildman–Crippen MR) is 120 cm³/mol. The molecule has 4 fully saturated rings. The summed E-state index contributed by atoms with van der Waals surface area (Å²) in [5, 5.41) is 23.0. The third kappa shape index (κ3) is 3.53.